The number of nitrogens with zero attached hydrogens (tertiary/aromatic N) is 1. The average molecular weight is 444 g/mol. The molecule has 0 radical (unpaired) electrons. The fourth-order valence-electron chi connectivity index (χ4n) is 3.27. The molecule has 9 heteroatoms. The molecule has 1 aromatic carbocycles. The van der Waals surface area contributed by atoms with E-state index in [0.717, 1.165) is 47.4 Å². The SMILES string of the molecule is CCOC(=O)c1c(NC(=O)C(=O)N/N=C/c2ccc(OCC)cc2)sc2c1CCCC2. The van der Waals surface area contributed by atoms with Crippen molar-refractivity contribution in [1.29, 1.82) is 0 Å². The zero-order valence-corrected chi connectivity index (χ0v) is 18.3. The van der Waals surface area contributed by atoms with Gasteiger partial charge in [0.1, 0.15) is 10.8 Å². The fourth-order valence-corrected chi connectivity index (χ4v) is 4.54. The predicted molar refractivity (Wildman–Crippen MR) is 119 cm³/mol. The first-order valence-corrected chi connectivity index (χ1v) is 11.0. The van der Waals surface area contributed by atoms with E-state index in [1.54, 1.807) is 31.2 Å². The van der Waals surface area contributed by atoms with Gasteiger partial charge in [0, 0.05) is 4.88 Å². The van der Waals surface area contributed by atoms with Crippen molar-refractivity contribution >= 4 is 40.3 Å². The van der Waals surface area contributed by atoms with Gasteiger partial charge in [0.2, 0.25) is 0 Å². The largest absolute Gasteiger partial charge is 0.494 e. The number of rotatable bonds is 7. The Kier molecular flexibility index (Phi) is 7.77. The maximum atomic E-state index is 12.4. The van der Waals surface area contributed by atoms with Crippen LogP contribution in [0.2, 0.25) is 0 Å². The van der Waals surface area contributed by atoms with Crippen LogP contribution >= 0.6 is 11.3 Å². The third-order valence-corrected chi connectivity index (χ3v) is 5.86. The maximum absolute atomic E-state index is 12.4. The van der Waals surface area contributed by atoms with Gasteiger partial charge >= 0.3 is 17.8 Å². The van der Waals surface area contributed by atoms with Gasteiger partial charge in [-0.2, -0.15) is 5.10 Å². The molecule has 0 spiro atoms. The number of amides is 2. The van der Waals surface area contributed by atoms with Gasteiger partial charge < -0.3 is 14.8 Å². The Morgan fingerprint density at radius 2 is 1.81 bits per heavy atom. The molecule has 0 unspecified atom stereocenters. The van der Waals surface area contributed by atoms with Gasteiger partial charge in [0.15, 0.2) is 0 Å². The first kappa shape index (κ1) is 22.5. The number of carbonyl (C=O) groups excluding carboxylic acids is 3. The monoisotopic (exact) mass is 443 g/mol. The van der Waals surface area contributed by atoms with E-state index in [2.05, 4.69) is 15.8 Å². The van der Waals surface area contributed by atoms with Crippen molar-refractivity contribution < 1.29 is 23.9 Å². The second-order valence-electron chi connectivity index (χ2n) is 6.79. The highest BCUT2D eigenvalue weighted by molar-refractivity contribution is 7.17. The molecule has 8 nitrogen and oxygen atoms in total. The lowest BCUT2D eigenvalue weighted by molar-refractivity contribution is -0.136. The van der Waals surface area contributed by atoms with Crippen LogP contribution in [0.15, 0.2) is 29.4 Å². The number of hydrazone groups is 1. The van der Waals surface area contributed by atoms with Gasteiger partial charge in [0.05, 0.1) is 25.0 Å². The Morgan fingerprint density at radius 3 is 2.52 bits per heavy atom. The molecule has 1 aliphatic rings. The van der Waals surface area contributed by atoms with Crippen molar-refractivity contribution in [2.75, 3.05) is 18.5 Å². The summed E-state index contributed by atoms with van der Waals surface area (Å²) in [5.41, 5.74) is 4.22. The summed E-state index contributed by atoms with van der Waals surface area (Å²) in [6, 6.07) is 7.13. The van der Waals surface area contributed by atoms with Crippen LogP contribution in [0.5, 0.6) is 5.75 Å². The zero-order chi connectivity index (χ0) is 22.2. The van der Waals surface area contributed by atoms with E-state index in [1.165, 1.54) is 17.6 Å². The standard InChI is InChI=1S/C22H25N3O5S/c1-3-29-15-11-9-14(10-12-15)13-23-25-20(27)19(26)24-21-18(22(28)30-4-2)16-7-5-6-8-17(16)31-21/h9-13H,3-8H2,1-2H3,(H,24,26)(H,25,27)/b23-13+. The Hall–Kier alpha value is -3.20. The molecule has 164 valence electrons. The third kappa shape index (κ3) is 5.69. The van der Waals surface area contributed by atoms with Crippen LogP contribution in [0.1, 0.15) is 53.1 Å². The molecule has 1 heterocycles. The third-order valence-electron chi connectivity index (χ3n) is 4.65. The predicted octanol–water partition coefficient (Wildman–Crippen LogP) is 3.29. The van der Waals surface area contributed by atoms with Crippen LogP contribution < -0.4 is 15.5 Å². The summed E-state index contributed by atoms with van der Waals surface area (Å²) < 4.78 is 10.5. The number of thiophene rings is 1. The first-order valence-electron chi connectivity index (χ1n) is 10.2. The minimum atomic E-state index is -0.927. The molecule has 0 aliphatic heterocycles. The first-order chi connectivity index (χ1) is 15.0. The summed E-state index contributed by atoms with van der Waals surface area (Å²) in [6.45, 7) is 4.43. The van der Waals surface area contributed by atoms with Crippen molar-refractivity contribution in [2.45, 2.75) is 39.5 Å². The lowest BCUT2D eigenvalue weighted by atomic mass is 9.95. The highest BCUT2D eigenvalue weighted by Crippen LogP contribution is 2.38. The van der Waals surface area contributed by atoms with Crippen LogP contribution in [0.4, 0.5) is 5.00 Å². The highest BCUT2D eigenvalue weighted by atomic mass is 32.1. The molecular weight excluding hydrogens is 418 g/mol. The van der Waals surface area contributed by atoms with Crippen molar-refractivity contribution in [3.05, 3.63) is 45.8 Å². The Morgan fingerprint density at radius 1 is 1.06 bits per heavy atom. The summed E-state index contributed by atoms with van der Waals surface area (Å²) in [6.07, 6.45) is 5.04. The van der Waals surface area contributed by atoms with Crippen molar-refractivity contribution in [1.82, 2.24) is 5.43 Å². The Bertz CT molecular complexity index is 982. The van der Waals surface area contributed by atoms with Gasteiger partial charge in [-0.15, -0.1) is 11.3 Å². The fraction of sp³-hybridized carbons (Fsp3) is 0.364. The molecule has 0 bridgehead atoms. The molecule has 1 aliphatic carbocycles. The lowest BCUT2D eigenvalue weighted by Crippen LogP contribution is -2.32. The van der Waals surface area contributed by atoms with Crippen LogP contribution in [0.3, 0.4) is 0 Å². The molecule has 0 fully saturated rings. The van der Waals surface area contributed by atoms with E-state index in [9.17, 15) is 14.4 Å². The van der Waals surface area contributed by atoms with E-state index in [1.807, 2.05) is 6.92 Å². The van der Waals surface area contributed by atoms with Gasteiger partial charge in [0.25, 0.3) is 0 Å². The molecule has 0 saturated carbocycles. The highest BCUT2D eigenvalue weighted by Gasteiger charge is 2.28. The van der Waals surface area contributed by atoms with Crippen molar-refractivity contribution in [2.24, 2.45) is 5.10 Å². The van der Waals surface area contributed by atoms with Crippen LogP contribution in [0.25, 0.3) is 0 Å². The zero-order valence-electron chi connectivity index (χ0n) is 17.5. The van der Waals surface area contributed by atoms with Gasteiger partial charge in [-0.05, 0) is 74.9 Å². The molecule has 2 N–H and O–H groups in total. The van der Waals surface area contributed by atoms with Crippen molar-refractivity contribution in [3.63, 3.8) is 0 Å². The minimum Gasteiger partial charge on any atom is -0.494 e. The maximum Gasteiger partial charge on any atom is 0.341 e. The minimum absolute atomic E-state index is 0.234. The Labute approximate surface area is 184 Å². The van der Waals surface area contributed by atoms with E-state index < -0.39 is 17.8 Å². The summed E-state index contributed by atoms with van der Waals surface area (Å²) in [5, 5.41) is 6.72. The summed E-state index contributed by atoms with van der Waals surface area (Å²) in [7, 11) is 0. The number of fused-ring (bicyclic) bond motifs is 1. The number of ether oxygens (including phenoxy) is 2. The molecular formula is C22H25N3O5S. The van der Waals surface area contributed by atoms with Crippen LogP contribution in [-0.4, -0.2) is 37.2 Å². The smallest absolute Gasteiger partial charge is 0.341 e. The van der Waals surface area contributed by atoms with Gasteiger partial charge in [-0.25, -0.2) is 10.2 Å². The lowest BCUT2D eigenvalue weighted by Gasteiger charge is -2.12. The number of anilines is 1. The topological polar surface area (TPSA) is 106 Å². The second-order valence-corrected chi connectivity index (χ2v) is 7.90. The molecule has 2 aromatic rings. The van der Waals surface area contributed by atoms with Gasteiger partial charge in [-0.1, -0.05) is 0 Å². The molecule has 2 amide bonds. The van der Waals surface area contributed by atoms with E-state index in [0.29, 0.717) is 17.2 Å². The number of hydrogen-bond acceptors (Lipinski definition) is 7. The second kappa shape index (κ2) is 10.7. The number of hydrogen-bond donors (Lipinski definition) is 2. The number of nitrogens with one attached hydrogen (secondary N) is 2. The summed E-state index contributed by atoms with van der Waals surface area (Å²) in [4.78, 5) is 38.0. The molecule has 31 heavy (non-hydrogen) atoms. The molecule has 3 rings (SSSR count). The molecule has 0 atom stereocenters. The summed E-state index contributed by atoms with van der Waals surface area (Å²) >= 11 is 1.32. The number of carbonyl (C=O) groups is 3. The van der Waals surface area contributed by atoms with E-state index in [4.69, 9.17) is 9.47 Å². The average Bonchev–Trinajstić information content (AvgIpc) is 3.13. The number of aryl methyl sites for hydroxylation is 1. The van der Waals surface area contributed by atoms with E-state index >= 15 is 0 Å². The van der Waals surface area contributed by atoms with Gasteiger partial charge in [-0.3, -0.25) is 9.59 Å². The quantitative estimate of drug-likeness (QED) is 0.296. The number of esters is 1. The normalized spacial score (nSPS) is 12.8. The number of benzene rings is 1. The van der Waals surface area contributed by atoms with E-state index in [-0.39, 0.29) is 6.61 Å². The van der Waals surface area contributed by atoms with Crippen LogP contribution in [-0.2, 0) is 27.2 Å². The molecule has 0 saturated heterocycles. The van der Waals surface area contributed by atoms with Crippen LogP contribution in [0, 0.1) is 0 Å². The van der Waals surface area contributed by atoms with Crippen molar-refractivity contribution in [3.8, 4) is 5.75 Å². The summed E-state index contributed by atoms with van der Waals surface area (Å²) in [5.74, 6) is -1.57. The Balaban J connectivity index is 1.64. The molecule has 1 aromatic heterocycles.